The molecule has 1 atom stereocenters. The van der Waals surface area contributed by atoms with Gasteiger partial charge >= 0.3 is 0 Å². The van der Waals surface area contributed by atoms with Crippen LogP contribution in [0, 0.1) is 11.8 Å². The molecular weight excluding hydrogens is 251 g/mol. The summed E-state index contributed by atoms with van der Waals surface area (Å²) in [5.74, 6) is 1.77. The average molecular weight is 282 g/mol. The number of piperidine rings is 1. The van der Waals surface area contributed by atoms with Crippen molar-refractivity contribution in [3.8, 4) is 0 Å². The van der Waals surface area contributed by atoms with Gasteiger partial charge in [0.05, 0.1) is 0 Å². The van der Waals surface area contributed by atoms with Crippen LogP contribution in [0.4, 0.5) is 4.39 Å². The zero-order valence-electron chi connectivity index (χ0n) is 13.1. The van der Waals surface area contributed by atoms with Crippen molar-refractivity contribution >= 4 is 0 Å². The van der Waals surface area contributed by atoms with Crippen LogP contribution in [0.25, 0.3) is 0 Å². The molecule has 2 saturated heterocycles. The summed E-state index contributed by atoms with van der Waals surface area (Å²) in [6.07, 6.45) is 8.56. The third kappa shape index (κ3) is 3.73. The van der Waals surface area contributed by atoms with E-state index in [0.29, 0.717) is 6.54 Å². The van der Waals surface area contributed by atoms with Gasteiger partial charge in [0.2, 0.25) is 0 Å². The average Bonchev–Trinajstić information content (AvgIpc) is 2.86. The van der Waals surface area contributed by atoms with E-state index in [9.17, 15) is 4.39 Å². The molecule has 20 heavy (non-hydrogen) atoms. The van der Waals surface area contributed by atoms with Gasteiger partial charge in [-0.1, -0.05) is 6.92 Å². The Morgan fingerprint density at radius 1 is 0.900 bits per heavy atom. The lowest BCUT2D eigenvalue weighted by Gasteiger charge is -2.41. The fourth-order valence-corrected chi connectivity index (χ4v) is 4.42. The van der Waals surface area contributed by atoms with Crippen LogP contribution in [0.1, 0.15) is 51.9 Å². The molecule has 0 amide bonds. The molecule has 3 rings (SSSR count). The van der Waals surface area contributed by atoms with Crippen molar-refractivity contribution in [2.75, 3.05) is 32.7 Å². The van der Waals surface area contributed by atoms with Gasteiger partial charge in [-0.05, 0) is 69.9 Å². The van der Waals surface area contributed by atoms with Gasteiger partial charge in [-0.3, -0.25) is 0 Å². The van der Waals surface area contributed by atoms with Gasteiger partial charge in [0, 0.05) is 25.7 Å². The van der Waals surface area contributed by atoms with E-state index >= 15 is 0 Å². The van der Waals surface area contributed by atoms with Crippen LogP contribution in [0.2, 0.25) is 0 Å². The van der Waals surface area contributed by atoms with E-state index in [1.54, 1.807) is 0 Å². The Hall–Kier alpha value is -0.150. The van der Waals surface area contributed by atoms with E-state index in [1.165, 1.54) is 51.6 Å². The highest BCUT2D eigenvalue weighted by molar-refractivity contribution is 4.84. The minimum absolute atomic E-state index is 0.556. The molecule has 0 aromatic carbocycles. The standard InChI is InChI=1S/C17H31FN2/c1-14-2-4-17(5-3-14)20-10-6-15(7-11-20)12-19-9-8-16(18)13-19/h14-17H,2-13H2,1H3/t14?,16-,17?/m1/s1. The fourth-order valence-electron chi connectivity index (χ4n) is 4.42. The van der Waals surface area contributed by atoms with E-state index in [1.807, 2.05) is 0 Å². The minimum Gasteiger partial charge on any atom is -0.300 e. The molecule has 0 N–H and O–H groups in total. The van der Waals surface area contributed by atoms with E-state index in [4.69, 9.17) is 0 Å². The lowest BCUT2D eigenvalue weighted by Crippen LogP contribution is -2.44. The molecule has 0 spiro atoms. The quantitative estimate of drug-likeness (QED) is 0.783. The molecule has 3 heteroatoms. The topological polar surface area (TPSA) is 6.48 Å². The summed E-state index contributed by atoms with van der Waals surface area (Å²) < 4.78 is 13.2. The van der Waals surface area contributed by atoms with Crippen LogP contribution in [0.3, 0.4) is 0 Å². The molecule has 2 aliphatic heterocycles. The number of likely N-dealkylation sites (tertiary alicyclic amines) is 2. The molecule has 1 aliphatic carbocycles. The number of nitrogens with zero attached hydrogens (tertiary/aromatic N) is 2. The molecule has 0 unspecified atom stereocenters. The highest BCUT2D eigenvalue weighted by Gasteiger charge is 2.30. The molecule has 3 aliphatic rings. The van der Waals surface area contributed by atoms with Crippen molar-refractivity contribution < 1.29 is 4.39 Å². The Kier molecular flexibility index (Phi) is 4.98. The zero-order valence-corrected chi connectivity index (χ0v) is 13.1. The first kappa shape index (κ1) is 14.8. The maximum absolute atomic E-state index is 13.2. The SMILES string of the molecule is CC1CCC(N2CCC(CN3CC[C@@H](F)C3)CC2)CC1. The molecule has 116 valence electrons. The van der Waals surface area contributed by atoms with Crippen molar-refractivity contribution in [2.45, 2.75) is 64.1 Å². The van der Waals surface area contributed by atoms with Crippen LogP contribution < -0.4 is 0 Å². The van der Waals surface area contributed by atoms with Gasteiger partial charge in [0.25, 0.3) is 0 Å². The maximum atomic E-state index is 13.2. The molecule has 0 bridgehead atoms. The second kappa shape index (κ2) is 6.74. The molecular formula is C17H31FN2. The summed E-state index contributed by atoms with van der Waals surface area (Å²) in [7, 11) is 0. The predicted molar refractivity (Wildman–Crippen MR) is 81.7 cm³/mol. The number of rotatable bonds is 3. The Morgan fingerprint density at radius 3 is 2.20 bits per heavy atom. The second-order valence-electron chi connectivity index (χ2n) is 7.54. The normalized spacial score (nSPS) is 38.4. The Labute approximate surface area is 123 Å². The van der Waals surface area contributed by atoms with Crippen LogP contribution in [-0.4, -0.2) is 54.7 Å². The smallest absolute Gasteiger partial charge is 0.114 e. The third-order valence-electron chi connectivity index (χ3n) is 5.88. The second-order valence-corrected chi connectivity index (χ2v) is 7.54. The lowest BCUT2D eigenvalue weighted by atomic mass is 9.85. The number of alkyl halides is 1. The first-order chi connectivity index (χ1) is 9.70. The van der Waals surface area contributed by atoms with Gasteiger partial charge in [-0.15, -0.1) is 0 Å². The van der Waals surface area contributed by atoms with Crippen LogP contribution >= 0.6 is 0 Å². The van der Waals surface area contributed by atoms with Crippen molar-refractivity contribution in [1.82, 2.24) is 9.80 Å². The van der Waals surface area contributed by atoms with Crippen LogP contribution in [-0.2, 0) is 0 Å². The summed E-state index contributed by atoms with van der Waals surface area (Å²) in [5.41, 5.74) is 0. The highest BCUT2D eigenvalue weighted by Crippen LogP contribution is 2.30. The summed E-state index contributed by atoms with van der Waals surface area (Å²) in [6, 6.07) is 0.870. The van der Waals surface area contributed by atoms with E-state index in [2.05, 4.69) is 16.7 Å². The molecule has 2 heterocycles. The van der Waals surface area contributed by atoms with Crippen molar-refractivity contribution in [3.05, 3.63) is 0 Å². The summed E-state index contributed by atoms with van der Waals surface area (Å²) in [6.45, 7) is 7.81. The Bertz CT molecular complexity index is 293. The summed E-state index contributed by atoms with van der Waals surface area (Å²) >= 11 is 0. The molecule has 0 aromatic heterocycles. The van der Waals surface area contributed by atoms with E-state index in [0.717, 1.165) is 37.4 Å². The first-order valence-corrected chi connectivity index (χ1v) is 8.81. The number of halogens is 1. The van der Waals surface area contributed by atoms with E-state index < -0.39 is 6.17 Å². The van der Waals surface area contributed by atoms with Gasteiger partial charge in [-0.25, -0.2) is 4.39 Å². The van der Waals surface area contributed by atoms with Gasteiger partial charge in [0.1, 0.15) is 6.17 Å². The summed E-state index contributed by atoms with van der Waals surface area (Å²) in [5, 5.41) is 0. The highest BCUT2D eigenvalue weighted by atomic mass is 19.1. The van der Waals surface area contributed by atoms with Crippen molar-refractivity contribution in [3.63, 3.8) is 0 Å². The van der Waals surface area contributed by atoms with Crippen molar-refractivity contribution in [1.29, 1.82) is 0 Å². The zero-order chi connectivity index (χ0) is 13.9. The first-order valence-electron chi connectivity index (χ1n) is 8.81. The van der Waals surface area contributed by atoms with Crippen LogP contribution in [0.5, 0.6) is 0 Å². The molecule has 0 radical (unpaired) electrons. The van der Waals surface area contributed by atoms with E-state index in [-0.39, 0.29) is 0 Å². The molecule has 0 aromatic rings. The fraction of sp³-hybridized carbons (Fsp3) is 1.00. The van der Waals surface area contributed by atoms with Gasteiger partial charge < -0.3 is 9.80 Å². The minimum atomic E-state index is -0.556. The lowest BCUT2D eigenvalue weighted by molar-refractivity contribution is 0.0859. The van der Waals surface area contributed by atoms with Gasteiger partial charge in [-0.2, -0.15) is 0 Å². The predicted octanol–water partition coefficient (Wildman–Crippen LogP) is 3.32. The molecule has 2 nitrogen and oxygen atoms in total. The number of hydrogen-bond donors (Lipinski definition) is 0. The maximum Gasteiger partial charge on any atom is 0.114 e. The van der Waals surface area contributed by atoms with Crippen LogP contribution in [0.15, 0.2) is 0 Å². The van der Waals surface area contributed by atoms with Crippen molar-refractivity contribution in [2.24, 2.45) is 11.8 Å². The Balaban J connectivity index is 1.38. The molecule has 1 saturated carbocycles. The largest absolute Gasteiger partial charge is 0.300 e. The summed E-state index contributed by atoms with van der Waals surface area (Å²) in [4.78, 5) is 5.11. The number of hydrogen-bond acceptors (Lipinski definition) is 2. The van der Waals surface area contributed by atoms with Gasteiger partial charge in [0.15, 0.2) is 0 Å². The third-order valence-corrected chi connectivity index (χ3v) is 5.88. The Morgan fingerprint density at radius 2 is 1.60 bits per heavy atom. The molecule has 3 fully saturated rings. The monoisotopic (exact) mass is 282 g/mol.